The Bertz CT molecular complexity index is 365. The Morgan fingerprint density at radius 1 is 1.50 bits per heavy atom. The highest BCUT2D eigenvalue weighted by Crippen LogP contribution is 2.25. The molecule has 0 aromatic carbocycles. The third-order valence-corrected chi connectivity index (χ3v) is 3.02. The molecular weight excluding hydrogens is 204 g/mol. The van der Waals surface area contributed by atoms with Gasteiger partial charge < -0.3 is 15.0 Å². The molecular formula is C11H18N4O. The zero-order valence-electron chi connectivity index (χ0n) is 10.0. The summed E-state index contributed by atoms with van der Waals surface area (Å²) >= 11 is 0. The van der Waals surface area contributed by atoms with Crippen LogP contribution in [0.25, 0.3) is 0 Å². The van der Waals surface area contributed by atoms with Crippen molar-refractivity contribution in [1.29, 1.82) is 0 Å². The minimum absolute atomic E-state index is 0.545. The van der Waals surface area contributed by atoms with E-state index in [1.54, 1.807) is 13.4 Å². The second-order valence-corrected chi connectivity index (χ2v) is 3.93. The van der Waals surface area contributed by atoms with Crippen molar-refractivity contribution in [3.63, 3.8) is 0 Å². The van der Waals surface area contributed by atoms with Crippen molar-refractivity contribution in [2.75, 3.05) is 31.6 Å². The van der Waals surface area contributed by atoms with Gasteiger partial charge in [0.2, 0.25) is 5.88 Å². The van der Waals surface area contributed by atoms with Crippen LogP contribution in [0, 0.1) is 6.92 Å². The van der Waals surface area contributed by atoms with Gasteiger partial charge in [-0.15, -0.1) is 0 Å². The maximum Gasteiger partial charge on any atom is 0.221 e. The molecule has 1 fully saturated rings. The molecule has 0 spiro atoms. The van der Waals surface area contributed by atoms with Gasteiger partial charge >= 0.3 is 0 Å². The summed E-state index contributed by atoms with van der Waals surface area (Å²) in [6.45, 7) is 7.15. The van der Waals surface area contributed by atoms with Crippen LogP contribution in [0.15, 0.2) is 6.33 Å². The average Bonchev–Trinajstić information content (AvgIpc) is 2.24. The lowest BCUT2D eigenvalue weighted by atomic mass is 10.1. The molecule has 0 atom stereocenters. The van der Waals surface area contributed by atoms with Gasteiger partial charge in [0.25, 0.3) is 0 Å². The lowest BCUT2D eigenvalue weighted by Crippen LogP contribution is -2.57. The Kier molecular flexibility index (Phi) is 3.24. The number of likely N-dealkylation sites (N-methyl/N-ethyl adjacent to an activating group) is 1. The normalized spacial score (nSPS) is 15.7. The summed E-state index contributed by atoms with van der Waals surface area (Å²) in [5.74, 6) is 1.65. The van der Waals surface area contributed by atoms with Gasteiger partial charge in [0.15, 0.2) is 0 Å². The number of ether oxygens (including phenoxy) is 1. The maximum absolute atomic E-state index is 5.22. The van der Waals surface area contributed by atoms with E-state index in [4.69, 9.17) is 4.74 Å². The highest BCUT2D eigenvalue weighted by atomic mass is 16.5. The van der Waals surface area contributed by atoms with E-state index >= 15 is 0 Å². The molecule has 0 radical (unpaired) electrons. The predicted octanol–water partition coefficient (Wildman–Crippen LogP) is 0.592. The van der Waals surface area contributed by atoms with Gasteiger partial charge in [-0.2, -0.15) is 0 Å². The molecule has 2 heterocycles. The van der Waals surface area contributed by atoms with Gasteiger partial charge in [0.05, 0.1) is 18.7 Å². The summed E-state index contributed by atoms with van der Waals surface area (Å²) in [6, 6.07) is 0.545. The van der Waals surface area contributed by atoms with E-state index < -0.39 is 0 Å². The van der Waals surface area contributed by atoms with Crippen molar-refractivity contribution in [2.24, 2.45) is 0 Å². The van der Waals surface area contributed by atoms with Crippen molar-refractivity contribution < 1.29 is 4.74 Å². The second kappa shape index (κ2) is 4.65. The van der Waals surface area contributed by atoms with Crippen molar-refractivity contribution in [2.45, 2.75) is 19.9 Å². The van der Waals surface area contributed by atoms with E-state index in [2.05, 4.69) is 27.1 Å². The zero-order valence-corrected chi connectivity index (χ0v) is 10.0. The largest absolute Gasteiger partial charge is 0.481 e. The SMILES string of the molecule is CCN(c1ncnc(OC)c1C)C1CNC1. The van der Waals surface area contributed by atoms with E-state index in [1.165, 1.54) is 0 Å². The molecule has 0 amide bonds. The van der Waals surface area contributed by atoms with Crippen LogP contribution < -0.4 is 15.0 Å². The van der Waals surface area contributed by atoms with Gasteiger partial charge in [-0.25, -0.2) is 9.97 Å². The summed E-state index contributed by atoms with van der Waals surface area (Å²) < 4.78 is 5.22. The molecule has 16 heavy (non-hydrogen) atoms. The van der Waals surface area contributed by atoms with E-state index in [0.717, 1.165) is 31.0 Å². The molecule has 0 aliphatic carbocycles. The van der Waals surface area contributed by atoms with Crippen LogP contribution in [0.1, 0.15) is 12.5 Å². The Labute approximate surface area is 95.8 Å². The summed E-state index contributed by atoms with van der Waals surface area (Å²) in [7, 11) is 1.64. The molecule has 1 aliphatic rings. The first kappa shape index (κ1) is 11.1. The minimum Gasteiger partial charge on any atom is -0.481 e. The Morgan fingerprint density at radius 3 is 2.75 bits per heavy atom. The highest BCUT2D eigenvalue weighted by molar-refractivity contribution is 5.51. The number of nitrogens with zero attached hydrogens (tertiary/aromatic N) is 3. The second-order valence-electron chi connectivity index (χ2n) is 3.93. The lowest BCUT2D eigenvalue weighted by Gasteiger charge is -2.39. The maximum atomic E-state index is 5.22. The smallest absolute Gasteiger partial charge is 0.221 e. The van der Waals surface area contributed by atoms with Crippen LogP contribution in [-0.2, 0) is 0 Å². The summed E-state index contributed by atoms with van der Waals surface area (Å²) in [5, 5.41) is 3.28. The number of aromatic nitrogens is 2. The standard InChI is InChI=1S/C11H18N4O/c1-4-15(9-5-12-6-9)10-8(2)11(16-3)14-7-13-10/h7,9,12H,4-6H2,1-3H3. The highest BCUT2D eigenvalue weighted by Gasteiger charge is 2.26. The predicted molar refractivity (Wildman–Crippen MR) is 63.0 cm³/mol. The quantitative estimate of drug-likeness (QED) is 0.808. The van der Waals surface area contributed by atoms with Crippen LogP contribution in [-0.4, -0.2) is 42.8 Å². The van der Waals surface area contributed by atoms with Crippen molar-refractivity contribution in [3.05, 3.63) is 11.9 Å². The molecule has 2 rings (SSSR count). The molecule has 5 nitrogen and oxygen atoms in total. The molecule has 5 heteroatoms. The first-order valence-corrected chi connectivity index (χ1v) is 5.60. The van der Waals surface area contributed by atoms with Gasteiger partial charge in [-0.3, -0.25) is 0 Å². The van der Waals surface area contributed by atoms with E-state index in [9.17, 15) is 0 Å². The van der Waals surface area contributed by atoms with Gasteiger partial charge in [0, 0.05) is 19.6 Å². The van der Waals surface area contributed by atoms with Crippen LogP contribution in [0.4, 0.5) is 5.82 Å². The summed E-state index contributed by atoms with van der Waals surface area (Å²) in [4.78, 5) is 10.8. The van der Waals surface area contributed by atoms with Crippen molar-refractivity contribution in [3.8, 4) is 5.88 Å². The third kappa shape index (κ3) is 1.82. The molecule has 0 saturated carbocycles. The number of rotatable bonds is 4. The number of methoxy groups -OCH3 is 1. The first-order chi connectivity index (χ1) is 7.77. The molecule has 1 N–H and O–H groups in total. The fourth-order valence-corrected chi connectivity index (χ4v) is 2.00. The Hall–Kier alpha value is -1.36. The van der Waals surface area contributed by atoms with Crippen molar-refractivity contribution >= 4 is 5.82 Å². The molecule has 88 valence electrons. The summed E-state index contributed by atoms with van der Waals surface area (Å²) in [5.41, 5.74) is 1.01. The molecule has 0 bridgehead atoms. The van der Waals surface area contributed by atoms with Crippen LogP contribution in [0.3, 0.4) is 0 Å². The number of hydrogen-bond donors (Lipinski definition) is 1. The molecule has 1 saturated heterocycles. The summed E-state index contributed by atoms with van der Waals surface area (Å²) in [6.07, 6.45) is 1.57. The fraction of sp³-hybridized carbons (Fsp3) is 0.636. The van der Waals surface area contributed by atoms with Gasteiger partial charge in [-0.1, -0.05) is 0 Å². The Morgan fingerprint density at radius 2 is 2.25 bits per heavy atom. The Balaban J connectivity index is 2.29. The van der Waals surface area contributed by atoms with Gasteiger partial charge in [-0.05, 0) is 13.8 Å². The van der Waals surface area contributed by atoms with E-state index in [1.807, 2.05) is 6.92 Å². The third-order valence-electron chi connectivity index (χ3n) is 3.02. The number of nitrogens with one attached hydrogen (secondary N) is 1. The first-order valence-electron chi connectivity index (χ1n) is 5.60. The molecule has 1 aromatic heterocycles. The van der Waals surface area contributed by atoms with E-state index in [-0.39, 0.29) is 0 Å². The van der Waals surface area contributed by atoms with Crippen LogP contribution >= 0.6 is 0 Å². The number of anilines is 1. The van der Waals surface area contributed by atoms with Crippen LogP contribution in [0.5, 0.6) is 5.88 Å². The monoisotopic (exact) mass is 222 g/mol. The molecule has 1 aliphatic heterocycles. The molecule has 1 aromatic rings. The average molecular weight is 222 g/mol. The van der Waals surface area contributed by atoms with Gasteiger partial charge in [0.1, 0.15) is 12.1 Å². The van der Waals surface area contributed by atoms with E-state index in [0.29, 0.717) is 11.9 Å². The minimum atomic E-state index is 0.545. The topological polar surface area (TPSA) is 50.3 Å². The fourth-order valence-electron chi connectivity index (χ4n) is 2.00. The molecule has 0 unspecified atom stereocenters. The van der Waals surface area contributed by atoms with Crippen molar-refractivity contribution in [1.82, 2.24) is 15.3 Å². The zero-order chi connectivity index (χ0) is 11.5. The van der Waals surface area contributed by atoms with Crippen LogP contribution in [0.2, 0.25) is 0 Å². The number of hydrogen-bond acceptors (Lipinski definition) is 5. The lowest BCUT2D eigenvalue weighted by molar-refractivity contribution is 0.389.